The van der Waals surface area contributed by atoms with Crippen LogP contribution in [0.1, 0.15) is 191 Å². The summed E-state index contributed by atoms with van der Waals surface area (Å²) in [5.74, 6) is 4.46. The number of halogens is 7. The standard InChI is InChI=1S/C24H29Cl2N5O2.C24H30ClN5O2.2C19H21Cl2N5/c1-24(2,3)33-23(32)30-8-6-15(7-9-30)21-20(26)19-18(17(25)11-27-22(19)29-21)16-10-28-31(13-16)12-14-4-5-14;1-24(2,3)32-23(31)29-8-6-16(7-9-29)20-10-18-21(19(25)12-26-22(18)28-20)17-11-27-30(14-17)13-15-4-5-15;2*20-14-8-23-19-16(17(21)18(25-19)12-3-5-22-6-4-12)15(14)13-7-24-26(10-13)9-11-1-2-11/h10-11,13-15H,4-9,12H2,1-3H3,(H,27,29);10-12,14-16H,4-9,13H2,1-3H3,(H,26,28);2*7-8,10-12,22H,1-6,9H2,(H,23,25). The number of ether oxygens (including phenoxy) is 2. The fraction of sp³-hybridized carbons (Fsp3) is 0.512. The van der Waals surface area contributed by atoms with Gasteiger partial charge in [-0.2, -0.15) is 20.4 Å². The van der Waals surface area contributed by atoms with E-state index < -0.39 is 11.2 Å². The third kappa shape index (κ3) is 18.8. The average molecular weight is 1730 g/mol. The summed E-state index contributed by atoms with van der Waals surface area (Å²) in [6.45, 7) is 21.9. The molecule has 618 valence electrons. The van der Waals surface area contributed by atoms with Crippen molar-refractivity contribution in [1.82, 2.24) is 99.4 Å². The van der Waals surface area contributed by atoms with Gasteiger partial charge in [-0.05, 0) is 200 Å². The van der Waals surface area contributed by atoms with E-state index in [1.807, 2.05) is 91.3 Å². The quantitative estimate of drug-likeness (QED) is 0.0525. The van der Waals surface area contributed by atoms with Crippen molar-refractivity contribution in [2.45, 2.75) is 205 Å². The normalized spacial score (nSPS) is 18.2. The number of nitrogens with zero attached hydrogens (tertiary/aromatic N) is 14. The van der Waals surface area contributed by atoms with Crippen molar-refractivity contribution in [3.63, 3.8) is 0 Å². The van der Waals surface area contributed by atoms with E-state index in [9.17, 15) is 9.59 Å². The molecule has 12 aromatic rings. The maximum Gasteiger partial charge on any atom is 0.410 e. The SMILES string of the molecule is CC(C)(C)OC(=O)N1CCC(c2[nH]c3ncc(Cl)c(-c4cnn(CC5CC5)c4)c3c2Cl)CC1.CC(C)(C)OC(=O)N1CCC(c2cc3c(-c4cnn(CC5CC5)c4)c(Cl)cnc3[nH]2)CC1.Clc1cnc2[nH]c(C3CCNCC3)c(Cl)c2c1-c1cnn(CC2CC2)c1.Clc1cnc2[nH]c(C3CCNCC3)c(Cl)c2c1-c1cnn(CC2CC2)c1. The zero-order valence-corrected chi connectivity index (χ0v) is 72.3. The number of pyridine rings is 4. The van der Waals surface area contributed by atoms with E-state index in [2.05, 4.69) is 95.6 Å². The van der Waals surface area contributed by atoms with Crippen molar-refractivity contribution in [2.24, 2.45) is 23.7 Å². The summed E-state index contributed by atoms with van der Waals surface area (Å²) in [5, 5.41) is 33.2. The number of carbonyl (C=O) groups excluding carboxylic acids is 2. The number of carbonyl (C=O) groups is 2. The fourth-order valence-corrected chi connectivity index (χ4v) is 19.0. The lowest BCUT2D eigenvalue weighted by molar-refractivity contribution is 0.0194. The number of aromatic nitrogens is 16. The Labute approximate surface area is 715 Å². The van der Waals surface area contributed by atoms with Crippen molar-refractivity contribution >= 4 is 138 Å². The average Bonchev–Trinajstić information content (AvgIpc) is 1.62. The van der Waals surface area contributed by atoms with E-state index in [1.54, 1.807) is 34.6 Å². The Balaban J connectivity index is 0.000000113. The Kier molecular flexibility index (Phi) is 23.9. The Morgan fingerprint density at radius 1 is 0.376 bits per heavy atom. The number of aromatic amines is 4. The van der Waals surface area contributed by atoms with Crippen LogP contribution in [0.2, 0.25) is 35.2 Å². The van der Waals surface area contributed by atoms with Crippen LogP contribution in [-0.4, -0.2) is 165 Å². The Hall–Kier alpha value is -7.91. The molecule has 31 heteroatoms. The number of H-pyrrole nitrogens is 4. The number of amides is 2. The van der Waals surface area contributed by atoms with Gasteiger partial charge < -0.3 is 49.8 Å². The van der Waals surface area contributed by atoms with E-state index in [4.69, 9.17) is 90.7 Å². The van der Waals surface area contributed by atoms with Crippen LogP contribution in [0.3, 0.4) is 0 Å². The van der Waals surface area contributed by atoms with Crippen LogP contribution in [-0.2, 0) is 35.7 Å². The van der Waals surface area contributed by atoms with Crippen molar-refractivity contribution < 1.29 is 19.1 Å². The summed E-state index contributed by atoms with van der Waals surface area (Å²) in [5.41, 5.74) is 14.1. The highest BCUT2D eigenvalue weighted by Gasteiger charge is 2.35. The van der Waals surface area contributed by atoms with Gasteiger partial charge >= 0.3 is 12.2 Å². The molecule has 0 aromatic carbocycles. The third-order valence-corrected chi connectivity index (χ3v) is 26.1. The first kappa shape index (κ1) is 81.5. The predicted octanol–water partition coefficient (Wildman–Crippen LogP) is 21.1. The van der Waals surface area contributed by atoms with Gasteiger partial charge in [0.1, 0.15) is 33.8 Å². The first-order valence-electron chi connectivity index (χ1n) is 41.6. The monoisotopic (exact) mass is 1720 g/mol. The van der Waals surface area contributed by atoms with Crippen molar-refractivity contribution in [2.75, 3.05) is 52.4 Å². The molecule has 4 saturated heterocycles. The maximum atomic E-state index is 12.4. The number of piperidine rings is 4. The molecule has 8 fully saturated rings. The minimum Gasteiger partial charge on any atom is -0.444 e. The second-order valence-corrected chi connectivity index (χ2v) is 38.0. The van der Waals surface area contributed by atoms with E-state index in [1.165, 1.54) is 51.4 Å². The number of likely N-dealkylation sites (tertiary alicyclic amines) is 2. The first-order valence-corrected chi connectivity index (χ1v) is 44.2. The van der Waals surface area contributed by atoms with Crippen LogP contribution >= 0.6 is 81.2 Å². The molecule has 4 aliphatic carbocycles. The number of fused-ring (bicyclic) bond motifs is 4. The van der Waals surface area contributed by atoms with Gasteiger partial charge in [0.2, 0.25) is 0 Å². The minimum absolute atomic E-state index is 0.203. The van der Waals surface area contributed by atoms with Crippen LogP contribution in [0.5, 0.6) is 0 Å². The lowest BCUT2D eigenvalue weighted by Gasteiger charge is -2.33. The Morgan fingerprint density at radius 3 is 0.983 bits per heavy atom. The molecule has 0 radical (unpaired) electrons. The molecule has 2 amide bonds. The highest BCUT2D eigenvalue weighted by Crippen LogP contribution is 2.48. The molecule has 0 spiro atoms. The zero-order chi connectivity index (χ0) is 81.1. The number of hydrogen-bond acceptors (Lipinski definition) is 14. The molecule has 4 saturated carbocycles. The summed E-state index contributed by atoms with van der Waals surface area (Å²) in [6, 6.07) is 2.18. The molecule has 6 N–H and O–H groups in total. The van der Waals surface area contributed by atoms with Crippen molar-refractivity contribution in [3.05, 3.63) is 138 Å². The van der Waals surface area contributed by atoms with E-state index in [-0.39, 0.29) is 18.1 Å². The van der Waals surface area contributed by atoms with Crippen LogP contribution in [0, 0.1) is 23.7 Å². The maximum absolute atomic E-state index is 12.4. The van der Waals surface area contributed by atoms with Crippen LogP contribution < -0.4 is 10.6 Å². The summed E-state index contributed by atoms with van der Waals surface area (Å²) in [6.07, 6.45) is 40.1. The molecule has 117 heavy (non-hydrogen) atoms. The molecular formula is C86H101Cl7N20O4. The van der Waals surface area contributed by atoms with Crippen LogP contribution in [0.15, 0.2) is 80.4 Å². The second-order valence-electron chi connectivity index (χ2n) is 35.2. The second kappa shape index (κ2) is 34.3. The highest BCUT2D eigenvalue weighted by molar-refractivity contribution is 6.42. The lowest BCUT2D eigenvalue weighted by Crippen LogP contribution is -2.41. The van der Waals surface area contributed by atoms with Gasteiger partial charge in [-0.25, -0.2) is 29.5 Å². The molecule has 24 nitrogen and oxygen atoms in total. The molecule has 0 unspecified atom stereocenters. The molecule has 4 aliphatic heterocycles. The van der Waals surface area contributed by atoms with Crippen LogP contribution in [0.4, 0.5) is 9.59 Å². The van der Waals surface area contributed by atoms with Gasteiger partial charge in [0.05, 0.1) is 59.9 Å². The largest absolute Gasteiger partial charge is 0.444 e. The molecule has 12 aromatic heterocycles. The summed E-state index contributed by atoms with van der Waals surface area (Å²) in [4.78, 5) is 60.3. The van der Waals surface area contributed by atoms with E-state index in [0.717, 1.165) is 249 Å². The molecule has 0 atom stereocenters. The van der Waals surface area contributed by atoms with E-state index in [0.29, 0.717) is 69.0 Å². The molecular weight excluding hydrogens is 1630 g/mol. The Morgan fingerprint density at radius 2 is 0.667 bits per heavy atom. The van der Waals surface area contributed by atoms with Crippen LogP contribution in [0.25, 0.3) is 88.6 Å². The van der Waals surface area contributed by atoms with Gasteiger partial charge in [0, 0.05) is 214 Å². The minimum atomic E-state index is -0.498. The van der Waals surface area contributed by atoms with Crippen molar-refractivity contribution in [1.29, 1.82) is 0 Å². The third-order valence-electron chi connectivity index (χ3n) is 23.8. The predicted molar refractivity (Wildman–Crippen MR) is 464 cm³/mol. The number of nitrogens with one attached hydrogen (secondary N) is 6. The van der Waals surface area contributed by atoms with Gasteiger partial charge in [-0.3, -0.25) is 18.7 Å². The van der Waals surface area contributed by atoms with Gasteiger partial charge in [0.25, 0.3) is 0 Å². The summed E-state index contributed by atoms with van der Waals surface area (Å²) < 4.78 is 19.1. The highest BCUT2D eigenvalue weighted by atomic mass is 35.5. The fourth-order valence-electron chi connectivity index (χ4n) is 16.8. The van der Waals surface area contributed by atoms with Gasteiger partial charge in [-0.1, -0.05) is 81.2 Å². The van der Waals surface area contributed by atoms with Gasteiger partial charge in [-0.15, -0.1) is 0 Å². The van der Waals surface area contributed by atoms with Crippen molar-refractivity contribution in [3.8, 4) is 44.5 Å². The summed E-state index contributed by atoms with van der Waals surface area (Å²) >= 11 is 46.9. The number of rotatable bonds is 16. The number of hydrogen-bond donors (Lipinski definition) is 6. The topological polar surface area (TPSA) is 269 Å². The lowest BCUT2D eigenvalue weighted by atomic mass is 9.93. The first-order chi connectivity index (χ1) is 56.4. The molecule has 8 aliphatic rings. The molecule has 0 bridgehead atoms. The van der Waals surface area contributed by atoms with E-state index >= 15 is 0 Å². The zero-order valence-electron chi connectivity index (χ0n) is 67.0. The smallest absolute Gasteiger partial charge is 0.410 e. The summed E-state index contributed by atoms with van der Waals surface area (Å²) in [7, 11) is 0. The Bertz CT molecular complexity index is 5420. The molecule has 20 rings (SSSR count). The van der Waals surface area contributed by atoms with Gasteiger partial charge in [0.15, 0.2) is 0 Å². The molecule has 16 heterocycles.